The molecule has 2 heterocycles. The molecule has 23 heavy (non-hydrogen) atoms. The Balaban J connectivity index is 1.65. The highest BCUT2D eigenvalue weighted by molar-refractivity contribution is 5.71. The Morgan fingerprint density at radius 3 is 2.70 bits per heavy atom. The minimum atomic E-state index is -0.528. The summed E-state index contributed by atoms with van der Waals surface area (Å²) < 4.78 is 6.26. The van der Waals surface area contributed by atoms with Crippen LogP contribution in [0.15, 0.2) is 54.6 Å². The van der Waals surface area contributed by atoms with Crippen molar-refractivity contribution in [1.29, 1.82) is 0 Å². The molecule has 2 aromatic rings. The molecule has 0 saturated carbocycles. The largest absolute Gasteiger partial charge is 0.486 e. The number of hydrogen-bond donors (Lipinski definition) is 0. The highest BCUT2D eigenvalue weighted by Gasteiger charge is 2.56. The predicted octanol–water partition coefficient (Wildman–Crippen LogP) is 4.40. The Hall–Kier alpha value is -2.10. The van der Waals surface area contributed by atoms with Crippen LogP contribution in [0, 0.1) is 5.92 Å². The van der Waals surface area contributed by atoms with E-state index in [-0.39, 0.29) is 18.1 Å². The highest BCUT2D eigenvalue weighted by Crippen LogP contribution is 2.55. The van der Waals surface area contributed by atoms with Gasteiger partial charge in [-0.2, -0.15) is 0 Å². The Labute approximate surface area is 135 Å². The molecule has 0 aromatic heterocycles. The fourth-order valence-electron chi connectivity index (χ4n) is 4.19. The molecule has 0 bridgehead atoms. The minimum Gasteiger partial charge on any atom is -0.486 e. The number of para-hydroxylation sites is 1. The first-order valence-electron chi connectivity index (χ1n) is 8.07. The Morgan fingerprint density at radius 2 is 1.78 bits per heavy atom. The fourth-order valence-corrected chi connectivity index (χ4v) is 4.19. The lowest BCUT2D eigenvalue weighted by Gasteiger charge is -2.46. The zero-order chi connectivity index (χ0) is 15.6. The average molecular weight is 306 g/mol. The molecule has 5 rings (SSSR count). The molecule has 2 aliphatic heterocycles. The van der Waals surface area contributed by atoms with Gasteiger partial charge in [0.2, 0.25) is 0 Å². The minimum absolute atomic E-state index is 0.0607. The first kappa shape index (κ1) is 13.3. The van der Waals surface area contributed by atoms with Gasteiger partial charge in [0, 0.05) is 5.56 Å². The molecule has 1 saturated heterocycles. The number of hydrogen-bond acceptors (Lipinski definition) is 3. The van der Waals surface area contributed by atoms with Crippen molar-refractivity contribution in [3.05, 3.63) is 71.3 Å². The number of benzene rings is 2. The fraction of sp³-hybridized carbons (Fsp3) is 0.300. The van der Waals surface area contributed by atoms with Crippen molar-refractivity contribution in [2.75, 3.05) is 0 Å². The molecule has 0 radical (unpaired) electrons. The smallest absolute Gasteiger partial charge is 0.159 e. The molecule has 3 aliphatic rings. The van der Waals surface area contributed by atoms with Crippen molar-refractivity contribution in [3.8, 4) is 5.75 Å². The molecule has 0 unspecified atom stereocenters. The summed E-state index contributed by atoms with van der Waals surface area (Å²) in [6.45, 7) is 4.26. The Bertz CT molecular complexity index is 825. The summed E-state index contributed by atoms with van der Waals surface area (Å²) in [5.74, 6) is 1.02. The maximum atomic E-state index is 6.26. The van der Waals surface area contributed by atoms with Crippen LogP contribution < -0.4 is 4.74 Å². The van der Waals surface area contributed by atoms with Crippen LogP contribution in [0.4, 0.5) is 0 Å². The van der Waals surface area contributed by atoms with Gasteiger partial charge < -0.3 is 4.74 Å². The number of rotatable bonds is 0. The van der Waals surface area contributed by atoms with Gasteiger partial charge in [0.25, 0.3) is 0 Å². The van der Waals surface area contributed by atoms with Crippen LogP contribution in [0.1, 0.15) is 36.6 Å². The van der Waals surface area contributed by atoms with Crippen molar-refractivity contribution in [2.45, 2.75) is 31.7 Å². The lowest BCUT2D eigenvalue weighted by molar-refractivity contribution is -0.436. The van der Waals surface area contributed by atoms with Gasteiger partial charge in [0.05, 0.1) is 5.92 Å². The van der Waals surface area contributed by atoms with Crippen LogP contribution in [0.2, 0.25) is 0 Å². The van der Waals surface area contributed by atoms with E-state index in [1.54, 1.807) is 0 Å². The first-order valence-corrected chi connectivity index (χ1v) is 8.07. The van der Waals surface area contributed by atoms with E-state index in [1.165, 1.54) is 16.7 Å². The zero-order valence-corrected chi connectivity index (χ0v) is 13.2. The molecule has 3 heteroatoms. The van der Waals surface area contributed by atoms with Gasteiger partial charge in [-0.3, -0.25) is 0 Å². The van der Waals surface area contributed by atoms with Crippen molar-refractivity contribution >= 4 is 5.57 Å². The summed E-state index contributed by atoms with van der Waals surface area (Å²) in [7, 11) is 0. The third-order valence-electron chi connectivity index (χ3n) is 5.42. The van der Waals surface area contributed by atoms with Crippen molar-refractivity contribution < 1.29 is 14.5 Å². The number of ether oxygens (including phenoxy) is 1. The van der Waals surface area contributed by atoms with E-state index in [0.29, 0.717) is 0 Å². The molecular weight excluding hydrogens is 288 g/mol. The highest BCUT2D eigenvalue weighted by atomic mass is 17.2. The summed E-state index contributed by atoms with van der Waals surface area (Å²) in [5, 5.41) is 0. The van der Waals surface area contributed by atoms with Gasteiger partial charge in [-0.15, -0.1) is 0 Å². The van der Waals surface area contributed by atoms with Crippen molar-refractivity contribution in [1.82, 2.24) is 0 Å². The van der Waals surface area contributed by atoms with Gasteiger partial charge in [-0.1, -0.05) is 48.5 Å². The molecule has 4 atom stereocenters. The van der Waals surface area contributed by atoms with Crippen LogP contribution in [0.3, 0.4) is 0 Å². The van der Waals surface area contributed by atoms with Crippen molar-refractivity contribution in [2.24, 2.45) is 5.92 Å². The molecule has 116 valence electrons. The standard InChI is InChI=1S/C20H18O3/c1-12-11-16-19-18(14-8-4-6-10-17(14)21-19)22-23-20(16,2)15-9-5-3-7-13(12)15/h3-11,16,18-19H,1-2H3/t16-,18+,19+,20-/m0/s1. The second-order valence-corrected chi connectivity index (χ2v) is 6.75. The van der Waals surface area contributed by atoms with E-state index in [4.69, 9.17) is 14.5 Å². The quantitative estimate of drug-likeness (QED) is 0.675. The van der Waals surface area contributed by atoms with Crippen LogP contribution in [0.25, 0.3) is 5.57 Å². The third kappa shape index (κ3) is 1.66. The van der Waals surface area contributed by atoms with Gasteiger partial charge >= 0.3 is 0 Å². The summed E-state index contributed by atoms with van der Waals surface area (Å²) in [4.78, 5) is 11.8. The van der Waals surface area contributed by atoms with E-state index in [9.17, 15) is 0 Å². The molecule has 0 amide bonds. The van der Waals surface area contributed by atoms with E-state index >= 15 is 0 Å². The van der Waals surface area contributed by atoms with Gasteiger partial charge in [-0.05, 0) is 36.6 Å². The number of allylic oxidation sites excluding steroid dienone is 1. The molecule has 3 nitrogen and oxygen atoms in total. The zero-order valence-electron chi connectivity index (χ0n) is 13.2. The second kappa shape index (κ2) is 4.47. The monoisotopic (exact) mass is 306 g/mol. The van der Waals surface area contributed by atoms with Crippen LogP contribution in [-0.2, 0) is 15.4 Å². The Morgan fingerprint density at radius 1 is 1.00 bits per heavy atom. The van der Waals surface area contributed by atoms with E-state index < -0.39 is 5.60 Å². The van der Waals surface area contributed by atoms with E-state index in [2.05, 4.69) is 50.3 Å². The van der Waals surface area contributed by atoms with Crippen LogP contribution in [0.5, 0.6) is 5.75 Å². The molecule has 2 aromatic carbocycles. The first-order chi connectivity index (χ1) is 11.2. The predicted molar refractivity (Wildman–Crippen MR) is 86.7 cm³/mol. The molecule has 1 aliphatic carbocycles. The van der Waals surface area contributed by atoms with Gasteiger partial charge in [-0.25, -0.2) is 9.78 Å². The lowest BCUT2D eigenvalue weighted by atomic mass is 9.70. The summed E-state index contributed by atoms with van der Waals surface area (Å²) in [6.07, 6.45) is 2.06. The van der Waals surface area contributed by atoms with Crippen LogP contribution in [-0.4, -0.2) is 6.10 Å². The van der Waals surface area contributed by atoms with Crippen LogP contribution >= 0.6 is 0 Å². The van der Waals surface area contributed by atoms with Crippen molar-refractivity contribution in [3.63, 3.8) is 0 Å². The molecule has 1 fully saturated rings. The van der Waals surface area contributed by atoms with E-state index in [1.807, 2.05) is 18.2 Å². The maximum absolute atomic E-state index is 6.26. The van der Waals surface area contributed by atoms with E-state index in [0.717, 1.165) is 11.3 Å². The third-order valence-corrected chi connectivity index (χ3v) is 5.42. The lowest BCUT2D eigenvalue weighted by Crippen LogP contribution is -2.50. The molecule has 0 N–H and O–H groups in total. The molecular formula is C20H18O3. The molecule has 0 spiro atoms. The Kier molecular flexibility index (Phi) is 2.59. The topological polar surface area (TPSA) is 27.7 Å². The van der Waals surface area contributed by atoms with Gasteiger partial charge in [0.15, 0.2) is 6.10 Å². The van der Waals surface area contributed by atoms with Gasteiger partial charge in [0.1, 0.15) is 17.5 Å². The normalized spacial score (nSPS) is 33.7. The average Bonchev–Trinajstić information content (AvgIpc) is 2.96. The summed E-state index contributed by atoms with van der Waals surface area (Å²) in [5.41, 5.74) is 4.21. The summed E-state index contributed by atoms with van der Waals surface area (Å²) in [6, 6.07) is 16.5. The maximum Gasteiger partial charge on any atom is 0.159 e. The second-order valence-electron chi connectivity index (χ2n) is 6.75. The SMILES string of the molecule is CC1=C[C@H]2[C@H]3Oc4ccccc4[C@H]3OO[C@@]2(C)c2ccccc21. The number of fused-ring (bicyclic) bond motifs is 7. The summed E-state index contributed by atoms with van der Waals surface area (Å²) >= 11 is 0.